The van der Waals surface area contributed by atoms with Gasteiger partial charge in [0.2, 0.25) is 5.91 Å². The van der Waals surface area contributed by atoms with Gasteiger partial charge in [0.15, 0.2) is 0 Å². The van der Waals surface area contributed by atoms with E-state index >= 15 is 0 Å². The smallest absolute Gasteiger partial charge is 0.220 e. The van der Waals surface area contributed by atoms with E-state index in [0.29, 0.717) is 18.9 Å². The lowest BCUT2D eigenvalue weighted by Crippen LogP contribution is -2.37. The maximum atomic E-state index is 12.2. The monoisotopic (exact) mass is 403 g/mol. The van der Waals surface area contributed by atoms with Gasteiger partial charge in [-0.1, -0.05) is 12.1 Å². The Morgan fingerprint density at radius 1 is 1.31 bits per heavy atom. The minimum absolute atomic E-state index is 0. The number of anilines is 1. The van der Waals surface area contributed by atoms with E-state index in [1.165, 1.54) is 23.2 Å². The Morgan fingerprint density at radius 2 is 2.08 bits per heavy atom. The first-order valence-corrected chi connectivity index (χ1v) is 9.12. The molecule has 2 aliphatic heterocycles. The van der Waals surface area contributed by atoms with Gasteiger partial charge in [-0.05, 0) is 56.0 Å². The molecule has 1 amide bonds. The summed E-state index contributed by atoms with van der Waals surface area (Å²) in [4.78, 5) is 14.5. The molecule has 2 N–H and O–H groups in total. The highest BCUT2D eigenvalue weighted by Gasteiger charge is 2.17. The van der Waals surface area contributed by atoms with Crippen LogP contribution in [0.15, 0.2) is 18.2 Å². The Balaban J connectivity index is 0.00000169. The Hall–Kier alpha value is -1.01. The lowest BCUT2D eigenvalue weighted by molar-refractivity contribution is -0.121. The summed E-state index contributed by atoms with van der Waals surface area (Å²) in [5.41, 5.74) is 3.68. The van der Waals surface area contributed by atoms with Crippen LogP contribution >= 0.6 is 24.8 Å². The van der Waals surface area contributed by atoms with Crippen molar-refractivity contribution < 1.29 is 9.53 Å². The van der Waals surface area contributed by atoms with E-state index in [0.717, 1.165) is 45.8 Å². The summed E-state index contributed by atoms with van der Waals surface area (Å²) in [6.07, 6.45) is 2.82. The molecule has 1 atom stereocenters. The maximum absolute atomic E-state index is 12.2. The van der Waals surface area contributed by atoms with E-state index < -0.39 is 0 Å². The van der Waals surface area contributed by atoms with Crippen molar-refractivity contribution in [2.45, 2.75) is 32.7 Å². The molecular weight excluding hydrogens is 373 g/mol. The fourth-order valence-corrected chi connectivity index (χ4v) is 3.50. The van der Waals surface area contributed by atoms with Crippen LogP contribution in [-0.2, 0) is 16.1 Å². The van der Waals surface area contributed by atoms with Crippen molar-refractivity contribution in [3.8, 4) is 0 Å². The van der Waals surface area contributed by atoms with Crippen LogP contribution in [0.1, 0.15) is 30.4 Å². The fraction of sp³-hybridized carbons (Fsp3) is 0.632. The van der Waals surface area contributed by atoms with E-state index in [4.69, 9.17) is 4.74 Å². The summed E-state index contributed by atoms with van der Waals surface area (Å²) in [5.74, 6) is 0.828. The van der Waals surface area contributed by atoms with E-state index in [9.17, 15) is 4.79 Å². The van der Waals surface area contributed by atoms with Crippen LogP contribution in [-0.4, -0.2) is 45.3 Å². The van der Waals surface area contributed by atoms with Crippen molar-refractivity contribution in [1.29, 1.82) is 0 Å². The van der Waals surface area contributed by atoms with E-state index in [-0.39, 0.29) is 30.7 Å². The van der Waals surface area contributed by atoms with E-state index in [2.05, 4.69) is 40.7 Å². The minimum Gasteiger partial charge on any atom is -0.378 e. The molecule has 0 saturated carbocycles. The molecule has 2 fully saturated rings. The molecule has 1 unspecified atom stereocenters. The third-order valence-corrected chi connectivity index (χ3v) is 5.01. The minimum atomic E-state index is 0. The number of benzene rings is 1. The number of morpholine rings is 1. The lowest BCUT2D eigenvalue weighted by atomic mass is 10.0. The molecule has 0 radical (unpaired) electrons. The van der Waals surface area contributed by atoms with Crippen LogP contribution < -0.4 is 15.5 Å². The second-order valence-corrected chi connectivity index (χ2v) is 6.91. The summed E-state index contributed by atoms with van der Waals surface area (Å²) in [7, 11) is 0. The van der Waals surface area contributed by atoms with Crippen molar-refractivity contribution >= 4 is 36.4 Å². The van der Waals surface area contributed by atoms with Crippen LogP contribution in [0.25, 0.3) is 0 Å². The first kappa shape index (κ1) is 23.0. The summed E-state index contributed by atoms with van der Waals surface area (Å²) < 4.78 is 5.45. The zero-order valence-corrected chi connectivity index (χ0v) is 17.1. The van der Waals surface area contributed by atoms with Crippen LogP contribution in [0.5, 0.6) is 0 Å². The molecule has 26 heavy (non-hydrogen) atoms. The fourth-order valence-electron chi connectivity index (χ4n) is 3.50. The quantitative estimate of drug-likeness (QED) is 0.766. The maximum Gasteiger partial charge on any atom is 0.220 e. The van der Waals surface area contributed by atoms with Gasteiger partial charge in [0.1, 0.15) is 0 Å². The number of ether oxygens (including phenoxy) is 1. The Morgan fingerprint density at radius 3 is 2.77 bits per heavy atom. The normalized spacial score (nSPS) is 19.4. The topological polar surface area (TPSA) is 53.6 Å². The lowest BCUT2D eigenvalue weighted by Gasteiger charge is -2.31. The second kappa shape index (κ2) is 11.7. The predicted molar refractivity (Wildman–Crippen MR) is 111 cm³/mol. The molecule has 0 bridgehead atoms. The molecule has 0 spiro atoms. The van der Waals surface area contributed by atoms with Gasteiger partial charge in [-0.15, -0.1) is 24.8 Å². The SMILES string of the molecule is Cc1ccc(CNC(=O)CCC2CCNC2)c(N2CCOCC2)c1.Cl.Cl. The molecule has 1 aromatic rings. The summed E-state index contributed by atoms with van der Waals surface area (Å²) in [5, 5.41) is 6.46. The van der Waals surface area contributed by atoms with Gasteiger partial charge in [0.25, 0.3) is 0 Å². The first-order valence-electron chi connectivity index (χ1n) is 9.12. The molecule has 2 heterocycles. The molecule has 3 rings (SSSR count). The van der Waals surface area contributed by atoms with E-state index in [1.807, 2.05) is 0 Å². The average molecular weight is 404 g/mol. The molecule has 2 saturated heterocycles. The zero-order chi connectivity index (χ0) is 16.8. The average Bonchev–Trinajstić information content (AvgIpc) is 3.13. The standard InChI is InChI=1S/C19H29N3O2.2ClH/c1-15-2-4-17(18(12-15)22-8-10-24-11-9-22)14-21-19(23)5-3-16-6-7-20-13-16;;/h2,4,12,16,20H,3,5-11,13-14H2,1H3,(H,21,23);2*1H. The Labute approximate surface area is 169 Å². The van der Waals surface area contributed by atoms with Gasteiger partial charge in [0.05, 0.1) is 13.2 Å². The Bertz CT molecular complexity index is 560. The molecule has 1 aromatic carbocycles. The van der Waals surface area contributed by atoms with Gasteiger partial charge in [-0.25, -0.2) is 0 Å². The summed E-state index contributed by atoms with van der Waals surface area (Å²) in [6, 6.07) is 6.48. The number of aryl methyl sites for hydroxylation is 1. The first-order chi connectivity index (χ1) is 11.7. The zero-order valence-electron chi connectivity index (χ0n) is 15.5. The third kappa shape index (κ3) is 6.62. The summed E-state index contributed by atoms with van der Waals surface area (Å²) >= 11 is 0. The van der Waals surface area contributed by atoms with Crippen molar-refractivity contribution in [1.82, 2.24) is 10.6 Å². The second-order valence-electron chi connectivity index (χ2n) is 6.91. The number of halogens is 2. The molecular formula is C19H31Cl2N3O2. The number of hydrogen-bond acceptors (Lipinski definition) is 4. The molecule has 7 heteroatoms. The van der Waals surface area contributed by atoms with Crippen molar-refractivity contribution in [2.75, 3.05) is 44.3 Å². The van der Waals surface area contributed by atoms with Gasteiger partial charge >= 0.3 is 0 Å². The third-order valence-electron chi connectivity index (χ3n) is 5.01. The number of carbonyl (C=O) groups is 1. The summed E-state index contributed by atoms with van der Waals surface area (Å²) in [6.45, 7) is 8.25. The van der Waals surface area contributed by atoms with Gasteiger partial charge in [0, 0.05) is 31.7 Å². The molecule has 2 aliphatic rings. The molecule has 0 aromatic heterocycles. The van der Waals surface area contributed by atoms with Crippen LogP contribution in [0.3, 0.4) is 0 Å². The number of nitrogens with zero attached hydrogens (tertiary/aromatic N) is 1. The number of carbonyl (C=O) groups excluding carboxylic acids is 1. The number of rotatable bonds is 6. The highest BCUT2D eigenvalue weighted by Crippen LogP contribution is 2.23. The number of hydrogen-bond donors (Lipinski definition) is 2. The van der Waals surface area contributed by atoms with Crippen LogP contribution in [0.4, 0.5) is 5.69 Å². The number of amides is 1. The highest BCUT2D eigenvalue weighted by atomic mass is 35.5. The largest absolute Gasteiger partial charge is 0.378 e. The Kier molecular flexibility index (Phi) is 10.3. The van der Waals surface area contributed by atoms with Crippen LogP contribution in [0.2, 0.25) is 0 Å². The number of nitrogens with one attached hydrogen (secondary N) is 2. The van der Waals surface area contributed by atoms with Crippen molar-refractivity contribution in [3.63, 3.8) is 0 Å². The van der Waals surface area contributed by atoms with Crippen molar-refractivity contribution in [3.05, 3.63) is 29.3 Å². The highest BCUT2D eigenvalue weighted by molar-refractivity contribution is 5.85. The molecule has 148 valence electrons. The van der Waals surface area contributed by atoms with Gasteiger partial charge < -0.3 is 20.3 Å². The van der Waals surface area contributed by atoms with E-state index in [1.54, 1.807) is 0 Å². The van der Waals surface area contributed by atoms with Gasteiger partial charge in [-0.3, -0.25) is 4.79 Å². The van der Waals surface area contributed by atoms with Gasteiger partial charge in [-0.2, -0.15) is 0 Å². The molecule has 0 aliphatic carbocycles. The van der Waals surface area contributed by atoms with Crippen LogP contribution in [0, 0.1) is 12.8 Å². The predicted octanol–water partition coefficient (Wildman–Crippen LogP) is 2.68. The van der Waals surface area contributed by atoms with Crippen molar-refractivity contribution in [2.24, 2.45) is 5.92 Å². The molecule has 5 nitrogen and oxygen atoms in total.